The van der Waals surface area contributed by atoms with Crippen molar-refractivity contribution in [2.75, 3.05) is 5.32 Å². The first-order valence-corrected chi connectivity index (χ1v) is 7.76. The first-order chi connectivity index (χ1) is 9.92. The molecule has 0 saturated carbocycles. The third-order valence-corrected chi connectivity index (χ3v) is 3.51. The molecule has 1 aromatic rings. The fraction of sp³-hybridized carbons (Fsp3) is 0.467. The van der Waals surface area contributed by atoms with E-state index in [0.717, 1.165) is 16.6 Å². The molecule has 0 radical (unpaired) electrons. The zero-order chi connectivity index (χ0) is 15.8. The molecule has 0 spiro atoms. The molecule has 0 aliphatic heterocycles. The summed E-state index contributed by atoms with van der Waals surface area (Å²) in [6, 6.07) is 6.49. The zero-order valence-corrected chi connectivity index (χ0v) is 13.8. The van der Waals surface area contributed by atoms with Crippen LogP contribution in [-0.2, 0) is 9.59 Å². The molecule has 0 saturated heterocycles. The molecule has 1 aromatic carbocycles. The second-order valence-electron chi connectivity index (χ2n) is 5.01. The Morgan fingerprint density at radius 3 is 2.43 bits per heavy atom. The molecule has 2 atom stereocenters. The smallest absolute Gasteiger partial charge is 0.320 e. The van der Waals surface area contributed by atoms with Crippen molar-refractivity contribution in [3.8, 4) is 0 Å². The third-order valence-electron chi connectivity index (χ3n) is 2.98. The van der Waals surface area contributed by atoms with Crippen LogP contribution in [0.5, 0.6) is 0 Å². The van der Waals surface area contributed by atoms with Crippen molar-refractivity contribution in [1.29, 1.82) is 0 Å². The van der Waals surface area contributed by atoms with Crippen LogP contribution in [0.1, 0.15) is 33.1 Å². The van der Waals surface area contributed by atoms with Crippen LogP contribution < -0.4 is 10.6 Å². The van der Waals surface area contributed by atoms with E-state index in [-0.39, 0.29) is 18.4 Å². The highest BCUT2D eigenvalue weighted by Crippen LogP contribution is 2.14. The molecule has 0 fully saturated rings. The van der Waals surface area contributed by atoms with Crippen LogP contribution in [0, 0.1) is 0 Å². The van der Waals surface area contributed by atoms with Gasteiger partial charge >= 0.3 is 5.97 Å². The van der Waals surface area contributed by atoms with E-state index in [0.29, 0.717) is 6.42 Å². The zero-order valence-electron chi connectivity index (χ0n) is 12.2. The predicted octanol–water partition coefficient (Wildman–Crippen LogP) is 3.01. The number of rotatable bonds is 8. The lowest BCUT2D eigenvalue weighted by Gasteiger charge is -2.19. The monoisotopic (exact) mass is 356 g/mol. The highest BCUT2D eigenvalue weighted by atomic mass is 79.9. The van der Waals surface area contributed by atoms with Crippen LogP contribution in [0.2, 0.25) is 0 Å². The molecule has 0 aromatic heterocycles. The Morgan fingerprint density at radius 1 is 1.29 bits per heavy atom. The van der Waals surface area contributed by atoms with Crippen molar-refractivity contribution in [3.05, 3.63) is 28.7 Å². The number of anilines is 1. The number of aliphatic carboxylic acids is 1. The average Bonchev–Trinajstić information content (AvgIpc) is 2.40. The van der Waals surface area contributed by atoms with Gasteiger partial charge in [-0.3, -0.25) is 9.59 Å². The van der Waals surface area contributed by atoms with E-state index < -0.39 is 12.0 Å². The van der Waals surface area contributed by atoms with Crippen LogP contribution in [0.25, 0.3) is 0 Å². The van der Waals surface area contributed by atoms with Crippen LogP contribution in [0.4, 0.5) is 5.69 Å². The second kappa shape index (κ2) is 8.79. The van der Waals surface area contributed by atoms with Gasteiger partial charge in [-0.15, -0.1) is 0 Å². The van der Waals surface area contributed by atoms with E-state index in [2.05, 4.69) is 26.6 Å². The molecule has 0 heterocycles. The number of benzene rings is 1. The minimum absolute atomic E-state index is 0.141. The van der Waals surface area contributed by atoms with Crippen molar-refractivity contribution < 1.29 is 14.7 Å². The first-order valence-electron chi connectivity index (χ1n) is 6.96. The molecule has 0 aliphatic rings. The maximum Gasteiger partial charge on any atom is 0.320 e. The summed E-state index contributed by atoms with van der Waals surface area (Å²) >= 11 is 3.33. The number of carboxylic acid groups (broad SMARTS) is 1. The van der Waals surface area contributed by atoms with E-state index in [4.69, 9.17) is 5.11 Å². The summed E-state index contributed by atoms with van der Waals surface area (Å²) in [5.74, 6) is -1.02. The van der Waals surface area contributed by atoms with Gasteiger partial charge in [0.15, 0.2) is 0 Å². The Hall–Kier alpha value is -1.40. The molecule has 21 heavy (non-hydrogen) atoms. The summed E-state index contributed by atoms with van der Waals surface area (Å²) in [6.45, 7) is 3.75. The standard InChI is InChI=1S/C15H21BrN2O3/c1-3-4-13(15(20)21)17-10(2)9-14(19)18-12-7-5-11(16)6-8-12/h5-8,10,13,17H,3-4,9H2,1-2H3,(H,18,19)(H,20,21). The largest absolute Gasteiger partial charge is 0.480 e. The number of carboxylic acids is 1. The highest BCUT2D eigenvalue weighted by molar-refractivity contribution is 9.10. The highest BCUT2D eigenvalue weighted by Gasteiger charge is 2.19. The second-order valence-corrected chi connectivity index (χ2v) is 5.92. The molecule has 1 amide bonds. The number of carbonyl (C=O) groups is 2. The SMILES string of the molecule is CCCC(NC(C)CC(=O)Nc1ccc(Br)cc1)C(=O)O. The van der Waals surface area contributed by atoms with Crippen LogP contribution in [0.15, 0.2) is 28.7 Å². The lowest BCUT2D eigenvalue weighted by Crippen LogP contribution is -2.43. The molecule has 116 valence electrons. The quantitative estimate of drug-likeness (QED) is 0.668. The van der Waals surface area contributed by atoms with Gasteiger partial charge < -0.3 is 15.7 Å². The van der Waals surface area contributed by atoms with Crippen molar-refractivity contribution in [3.63, 3.8) is 0 Å². The molecular formula is C15H21BrN2O3. The van der Waals surface area contributed by atoms with Gasteiger partial charge in [0.05, 0.1) is 0 Å². The number of nitrogens with one attached hydrogen (secondary N) is 2. The number of hydrogen-bond acceptors (Lipinski definition) is 3. The Kier molecular flexibility index (Phi) is 7.39. The fourth-order valence-corrected chi connectivity index (χ4v) is 2.26. The topological polar surface area (TPSA) is 78.4 Å². The Bertz CT molecular complexity index is 476. The van der Waals surface area contributed by atoms with Crippen LogP contribution in [-0.4, -0.2) is 29.1 Å². The lowest BCUT2D eigenvalue weighted by molar-refractivity contribution is -0.140. The Morgan fingerprint density at radius 2 is 1.90 bits per heavy atom. The van der Waals surface area contributed by atoms with Gasteiger partial charge in [-0.25, -0.2) is 0 Å². The lowest BCUT2D eigenvalue weighted by atomic mass is 10.1. The first kappa shape index (κ1) is 17.7. The van der Waals surface area contributed by atoms with Gasteiger partial charge in [0, 0.05) is 22.6 Å². The van der Waals surface area contributed by atoms with Crippen molar-refractivity contribution in [2.45, 2.75) is 45.2 Å². The van der Waals surface area contributed by atoms with E-state index >= 15 is 0 Å². The molecular weight excluding hydrogens is 336 g/mol. The molecule has 0 aliphatic carbocycles. The minimum atomic E-state index is -0.878. The number of carbonyl (C=O) groups excluding carboxylic acids is 1. The van der Waals surface area contributed by atoms with Crippen LogP contribution in [0.3, 0.4) is 0 Å². The summed E-state index contributed by atoms with van der Waals surface area (Å²) in [7, 11) is 0. The fourth-order valence-electron chi connectivity index (χ4n) is 1.99. The van der Waals surface area contributed by atoms with Crippen molar-refractivity contribution in [1.82, 2.24) is 5.32 Å². The van der Waals surface area contributed by atoms with E-state index in [1.807, 2.05) is 26.0 Å². The molecule has 0 bridgehead atoms. The Labute approximate surface area is 133 Å². The molecule has 5 nitrogen and oxygen atoms in total. The van der Waals surface area contributed by atoms with E-state index in [1.165, 1.54) is 0 Å². The minimum Gasteiger partial charge on any atom is -0.480 e. The molecule has 1 rings (SSSR count). The molecule has 2 unspecified atom stereocenters. The maximum absolute atomic E-state index is 11.9. The normalized spacial score (nSPS) is 13.5. The van der Waals surface area contributed by atoms with Gasteiger partial charge in [-0.05, 0) is 37.6 Å². The van der Waals surface area contributed by atoms with Crippen molar-refractivity contribution in [2.24, 2.45) is 0 Å². The van der Waals surface area contributed by atoms with Crippen molar-refractivity contribution >= 4 is 33.5 Å². The average molecular weight is 357 g/mol. The van der Waals surface area contributed by atoms with Gasteiger partial charge in [-0.2, -0.15) is 0 Å². The Balaban J connectivity index is 2.46. The van der Waals surface area contributed by atoms with Crippen LogP contribution >= 0.6 is 15.9 Å². The summed E-state index contributed by atoms with van der Waals surface area (Å²) in [6.07, 6.45) is 1.55. The van der Waals surface area contributed by atoms with Gasteiger partial charge in [-0.1, -0.05) is 29.3 Å². The van der Waals surface area contributed by atoms with E-state index in [9.17, 15) is 9.59 Å². The maximum atomic E-state index is 11.9. The van der Waals surface area contributed by atoms with Gasteiger partial charge in [0.25, 0.3) is 0 Å². The molecule has 3 N–H and O–H groups in total. The number of amides is 1. The predicted molar refractivity (Wildman–Crippen MR) is 86.3 cm³/mol. The number of hydrogen-bond donors (Lipinski definition) is 3. The third kappa shape index (κ3) is 6.73. The summed E-state index contributed by atoms with van der Waals surface area (Å²) in [5, 5.41) is 14.8. The van der Waals surface area contributed by atoms with Gasteiger partial charge in [0.1, 0.15) is 6.04 Å². The summed E-state index contributed by atoms with van der Waals surface area (Å²) in [5.41, 5.74) is 0.721. The van der Waals surface area contributed by atoms with Gasteiger partial charge in [0.2, 0.25) is 5.91 Å². The van der Waals surface area contributed by atoms with E-state index in [1.54, 1.807) is 12.1 Å². The summed E-state index contributed by atoms with van der Waals surface area (Å²) < 4.78 is 0.944. The summed E-state index contributed by atoms with van der Waals surface area (Å²) in [4.78, 5) is 23.0. The molecule has 6 heteroatoms. The number of halogens is 1.